The fourth-order valence-electron chi connectivity index (χ4n) is 3.98. The zero-order valence-corrected chi connectivity index (χ0v) is 21.0. The molecular formula is C23H32IN7O. The quantitative estimate of drug-likeness (QED) is 0.237. The highest BCUT2D eigenvalue weighted by atomic mass is 127. The average molecular weight is 549 g/mol. The lowest BCUT2D eigenvalue weighted by Crippen LogP contribution is -2.49. The van der Waals surface area contributed by atoms with E-state index in [9.17, 15) is 0 Å². The fourth-order valence-corrected chi connectivity index (χ4v) is 3.98. The third-order valence-electron chi connectivity index (χ3n) is 5.85. The van der Waals surface area contributed by atoms with Crippen LogP contribution in [-0.2, 0) is 6.42 Å². The van der Waals surface area contributed by atoms with Crippen molar-refractivity contribution in [3.8, 4) is 11.6 Å². The smallest absolute Gasteiger partial charge is 0.216 e. The lowest BCUT2D eigenvalue weighted by atomic mass is 10.0. The van der Waals surface area contributed by atoms with Crippen molar-refractivity contribution in [2.45, 2.75) is 38.3 Å². The maximum atomic E-state index is 5.33. The van der Waals surface area contributed by atoms with Gasteiger partial charge in [0, 0.05) is 45.2 Å². The van der Waals surface area contributed by atoms with Crippen molar-refractivity contribution in [3.63, 3.8) is 0 Å². The minimum absolute atomic E-state index is 0. The van der Waals surface area contributed by atoms with Gasteiger partial charge in [0.05, 0.1) is 6.26 Å². The van der Waals surface area contributed by atoms with Crippen LogP contribution in [0.15, 0.2) is 58.1 Å². The number of H-pyrrole nitrogens is 1. The second kappa shape index (κ2) is 12.0. The number of aliphatic imine (C=N–C) groups is 1. The monoisotopic (exact) mass is 549 g/mol. The number of likely N-dealkylation sites (tertiary alicyclic amines) is 1. The van der Waals surface area contributed by atoms with Crippen LogP contribution in [0.1, 0.15) is 37.2 Å². The molecule has 0 bridgehead atoms. The van der Waals surface area contributed by atoms with Gasteiger partial charge in [-0.1, -0.05) is 30.3 Å². The molecule has 8 nitrogen and oxygen atoms in total. The van der Waals surface area contributed by atoms with Crippen molar-refractivity contribution < 1.29 is 4.42 Å². The molecule has 0 amide bonds. The molecule has 3 aromatic rings. The molecule has 1 saturated heterocycles. The van der Waals surface area contributed by atoms with Crippen LogP contribution in [0.25, 0.3) is 11.6 Å². The predicted octanol–water partition coefficient (Wildman–Crippen LogP) is 3.62. The van der Waals surface area contributed by atoms with Crippen LogP contribution in [0.2, 0.25) is 0 Å². The summed E-state index contributed by atoms with van der Waals surface area (Å²) in [6.45, 7) is 5.18. The van der Waals surface area contributed by atoms with E-state index in [1.54, 1.807) is 6.26 Å². The molecule has 3 N–H and O–H groups in total. The third kappa shape index (κ3) is 6.32. The molecule has 4 rings (SSSR count). The van der Waals surface area contributed by atoms with Gasteiger partial charge < -0.3 is 15.1 Å². The molecule has 2 aromatic heterocycles. The average Bonchev–Trinajstić information content (AvgIpc) is 3.51. The number of halogens is 1. The van der Waals surface area contributed by atoms with Gasteiger partial charge in [-0.25, -0.2) is 4.98 Å². The van der Waals surface area contributed by atoms with E-state index in [1.165, 1.54) is 5.56 Å². The fraction of sp³-hybridized carbons (Fsp3) is 0.435. The molecule has 9 heteroatoms. The number of rotatable bonds is 7. The first kappa shape index (κ1) is 24.2. The number of aromatic amines is 1. The molecular weight excluding hydrogens is 517 g/mol. The molecule has 3 heterocycles. The number of hydrogen-bond acceptors (Lipinski definition) is 5. The van der Waals surface area contributed by atoms with E-state index in [1.807, 2.05) is 19.2 Å². The molecule has 0 radical (unpaired) electrons. The number of nitrogens with one attached hydrogen (secondary N) is 3. The summed E-state index contributed by atoms with van der Waals surface area (Å²) in [6, 6.07) is 15.3. The van der Waals surface area contributed by atoms with Crippen molar-refractivity contribution in [1.82, 2.24) is 30.7 Å². The summed E-state index contributed by atoms with van der Waals surface area (Å²) in [7, 11) is 1.81. The van der Waals surface area contributed by atoms with Gasteiger partial charge in [-0.2, -0.15) is 5.10 Å². The molecule has 172 valence electrons. The Labute approximate surface area is 206 Å². The summed E-state index contributed by atoms with van der Waals surface area (Å²) in [6.07, 6.45) is 4.55. The standard InChI is InChI=1S/C23H31N7O.HI/c1-17(18-7-4-3-5-8-18)30-14-11-19(12-15-30)26-23(24-2)25-13-10-21-27-22(29-28-21)20-9-6-16-31-20;/h3-9,16-17,19H,10-15H2,1-2H3,(H2,24,25,26)(H,27,28,29);1H. The minimum atomic E-state index is 0. The van der Waals surface area contributed by atoms with Crippen LogP contribution < -0.4 is 10.6 Å². The Balaban J connectivity index is 0.00000289. The highest BCUT2D eigenvalue weighted by Crippen LogP contribution is 2.24. The topological polar surface area (TPSA) is 94.4 Å². The zero-order valence-electron chi connectivity index (χ0n) is 18.6. The van der Waals surface area contributed by atoms with Crippen LogP contribution in [0, 0.1) is 0 Å². The van der Waals surface area contributed by atoms with Gasteiger partial charge in [0.1, 0.15) is 5.82 Å². The lowest BCUT2D eigenvalue weighted by molar-refractivity contribution is 0.158. The van der Waals surface area contributed by atoms with Gasteiger partial charge >= 0.3 is 0 Å². The predicted molar refractivity (Wildman–Crippen MR) is 137 cm³/mol. The number of aromatic nitrogens is 3. The van der Waals surface area contributed by atoms with Gasteiger partial charge in [-0.15, -0.1) is 24.0 Å². The molecule has 0 aliphatic carbocycles. The summed E-state index contributed by atoms with van der Waals surface area (Å²) in [4.78, 5) is 11.4. The van der Waals surface area contributed by atoms with E-state index in [-0.39, 0.29) is 24.0 Å². The van der Waals surface area contributed by atoms with E-state index in [2.05, 4.69) is 73.0 Å². The van der Waals surface area contributed by atoms with Gasteiger partial charge in [-0.3, -0.25) is 15.0 Å². The van der Waals surface area contributed by atoms with E-state index in [0.717, 1.165) is 50.7 Å². The molecule has 32 heavy (non-hydrogen) atoms. The van der Waals surface area contributed by atoms with Crippen molar-refractivity contribution in [2.75, 3.05) is 26.7 Å². The van der Waals surface area contributed by atoms with Crippen LogP contribution >= 0.6 is 24.0 Å². The third-order valence-corrected chi connectivity index (χ3v) is 5.85. The van der Waals surface area contributed by atoms with E-state index in [0.29, 0.717) is 23.7 Å². The van der Waals surface area contributed by atoms with Crippen molar-refractivity contribution >= 4 is 29.9 Å². The first-order valence-electron chi connectivity index (χ1n) is 10.9. The summed E-state index contributed by atoms with van der Waals surface area (Å²) in [5.41, 5.74) is 1.38. The van der Waals surface area contributed by atoms with E-state index >= 15 is 0 Å². The first-order chi connectivity index (χ1) is 15.2. The maximum absolute atomic E-state index is 5.33. The minimum Gasteiger partial charge on any atom is -0.461 e. The Hall–Kier alpha value is -2.40. The summed E-state index contributed by atoms with van der Waals surface area (Å²) in [5, 5.41) is 14.1. The van der Waals surface area contributed by atoms with Crippen LogP contribution in [0.5, 0.6) is 0 Å². The Bertz CT molecular complexity index is 950. The summed E-state index contributed by atoms with van der Waals surface area (Å²) < 4.78 is 5.33. The van der Waals surface area contributed by atoms with E-state index < -0.39 is 0 Å². The van der Waals surface area contributed by atoms with Gasteiger partial charge in [0.2, 0.25) is 5.82 Å². The van der Waals surface area contributed by atoms with Gasteiger partial charge in [-0.05, 0) is 37.5 Å². The molecule has 1 unspecified atom stereocenters. The van der Waals surface area contributed by atoms with Crippen molar-refractivity contribution in [2.24, 2.45) is 4.99 Å². The Kier molecular flexibility index (Phi) is 9.10. The summed E-state index contributed by atoms with van der Waals surface area (Å²) in [5.74, 6) is 2.90. The van der Waals surface area contributed by atoms with Crippen LogP contribution in [0.4, 0.5) is 0 Å². The Morgan fingerprint density at radius 3 is 2.69 bits per heavy atom. The maximum Gasteiger partial charge on any atom is 0.216 e. The Morgan fingerprint density at radius 1 is 1.22 bits per heavy atom. The summed E-state index contributed by atoms with van der Waals surface area (Å²) >= 11 is 0. The molecule has 0 saturated carbocycles. The second-order valence-corrected chi connectivity index (χ2v) is 7.87. The van der Waals surface area contributed by atoms with Crippen LogP contribution in [0.3, 0.4) is 0 Å². The SMILES string of the molecule is CN=C(NCCc1nc(-c2ccco2)n[nH]1)NC1CCN(C(C)c2ccccc2)CC1.I. The van der Waals surface area contributed by atoms with E-state index in [4.69, 9.17) is 4.42 Å². The number of hydrogen-bond donors (Lipinski definition) is 3. The number of benzene rings is 1. The molecule has 1 aliphatic rings. The first-order valence-corrected chi connectivity index (χ1v) is 10.9. The number of guanidine groups is 1. The highest BCUT2D eigenvalue weighted by molar-refractivity contribution is 14.0. The van der Waals surface area contributed by atoms with Crippen molar-refractivity contribution in [3.05, 3.63) is 60.1 Å². The largest absolute Gasteiger partial charge is 0.461 e. The molecule has 1 aromatic carbocycles. The van der Waals surface area contributed by atoms with Crippen LogP contribution in [-0.4, -0.2) is 58.8 Å². The number of furan rings is 1. The Morgan fingerprint density at radius 2 is 2.00 bits per heavy atom. The second-order valence-electron chi connectivity index (χ2n) is 7.87. The van der Waals surface area contributed by atoms with Crippen molar-refractivity contribution in [1.29, 1.82) is 0 Å². The lowest BCUT2D eigenvalue weighted by Gasteiger charge is -2.37. The molecule has 1 atom stereocenters. The molecule has 1 aliphatic heterocycles. The van der Waals surface area contributed by atoms with Gasteiger partial charge in [0.25, 0.3) is 0 Å². The molecule has 1 fully saturated rings. The number of nitrogens with zero attached hydrogens (tertiary/aromatic N) is 4. The highest BCUT2D eigenvalue weighted by Gasteiger charge is 2.24. The van der Waals surface area contributed by atoms with Gasteiger partial charge in [0.15, 0.2) is 11.7 Å². The molecule has 0 spiro atoms. The zero-order chi connectivity index (χ0) is 21.5. The normalized spacial score (nSPS) is 16.4. The number of piperidine rings is 1.